The molecule has 3 nitrogen and oxygen atoms in total. The van der Waals surface area contributed by atoms with Gasteiger partial charge in [0.25, 0.3) is 0 Å². The number of carboxylic acid groups (broad SMARTS) is 1. The minimum Gasteiger partial charge on any atom is -0.480 e. The van der Waals surface area contributed by atoms with Gasteiger partial charge in [-0.2, -0.15) is 0 Å². The van der Waals surface area contributed by atoms with E-state index in [4.69, 9.17) is 10.8 Å². The molecule has 0 aliphatic heterocycles. The largest absolute Gasteiger partial charge is 0.480 e. The Bertz CT molecular complexity index is 264. The van der Waals surface area contributed by atoms with Crippen LogP contribution in [0.2, 0.25) is 0 Å². The first-order valence-corrected chi connectivity index (χ1v) is 3.72. The minimum atomic E-state index is -0.959. The van der Waals surface area contributed by atoms with Crippen molar-refractivity contribution < 1.29 is 36.1 Å². The SMILES string of the molecule is NC(Cc1ccccc1)C(=O)O.[Zr]. The third-order valence-corrected chi connectivity index (χ3v) is 1.62. The second-order valence-electron chi connectivity index (χ2n) is 2.63. The van der Waals surface area contributed by atoms with Gasteiger partial charge in [0.2, 0.25) is 0 Å². The number of benzene rings is 1. The van der Waals surface area contributed by atoms with Crippen molar-refractivity contribution in [1.82, 2.24) is 0 Å². The average molecular weight is 256 g/mol. The normalized spacial score (nSPS) is 11.5. The molecule has 0 aromatic heterocycles. The van der Waals surface area contributed by atoms with E-state index in [1.807, 2.05) is 30.3 Å². The number of hydrogen-bond acceptors (Lipinski definition) is 2. The molecular formula is C9H11NO2Zr. The second kappa shape index (κ2) is 6.06. The van der Waals surface area contributed by atoms with E-state index in [1.165, 1.54) is 0 Å². The summed E-state index contributed by atoms with van der Waals surface area (Å²) < 4.78 is 0. The van der Waals surface area contributed by atoms with E-state index in [1.54, 1.807) is 0 Å². The molecule has 0 saturated heterocycles. The Balaban J connectivity index is 0.00000144. The van der Waals surface area contributed by atoms with Crippen molar-refractivity contribution in [2.45, 2.75) is 12.5 Å². The third kappa shape index (κ3) is 4.34. The van der Waals surface area contributed by atoms with Gasteiger partial charge in [-0.15, -0.1) is 0 Å². The van der Waals surface area contributed by atoms with Crippen LogP contribution >= 0.6 is 0 Å². The molecule has 0 heterocycles. The van der Waals surface area contributed by atoms with Crippen molar-refractivity contribution in [3.8, 4) is 0 Å². The van der Waals surface area contributed by atoms with Gasteiger partial charge in [-0.25, -0.2) is 0 Å². The zero-order valence-electron chi connectivity index (χ0n) is 7.10. The zero-order chi connectivity index (χ0) is 8.97. The molecular weight excluding hydrogens is 245 g/mol. The third-order valence-electron chi connectivity index (χ3n) is 1.62. The van der Waals surface area contributed by atoms with Gasteiger partial charge in [-0.05, 0) is 12.0 Å². The first kappa shape index (κ1) is 12.5. The minimum absolute atomic E-state index is 0. The van der Waals surface area contributed by atoms with E-state index < -0.39 is 12.0 Å². The number of nitrogens with two attached hydrogens (primary N) is 1. The van der Waals surface area contributed by atoms with Gasteiger partial charge in [0.15, 0.2) is 0 Å². The summed E-state index contributed by atoms with van der Waals surface area (Å²) in [5, 5.41) is 8.52. The molecule has 0 radical (unpaired) electrons. The molecule has 0 saturated carbocycles. The predicted octanol–water partition coefficient (Wildman–Crippen LogP) is 0.639. The topological polar surface area (TPSA) is 63.3 Å². The van der Waals surface area contributed by atoms with Gasteiger partial charge in [0, 0.05) is 26.2 Å². The van der Waals surface area contributed by atoms with Crippen LogP contribution in [0.3, 0.4) is 0 Å². The van der Waals surface area contributed by atoms with Crippen molar-refractivity contribution in [1.29, 1.82) is 0 Å². The maximum Gasteiger partial charge on any atom is 0.320 e. The summed E-state index contributed by atoms with van der Waals surface area (Å²) in [5.41, 5.74) is 6.30. The van der Waals surface area contributed by atoms with Crippen LogP contribution in [0.25, 0.3) is 0 Å². The fraction of sp³-hybridized carbons (Fsp3) is 0.222. The zero-order valence-corrected chi connectivity index (χ0v) is 9.56. The van der Waals surface area contributed by atoms with Gasteiger partial charge in [-0.3, -0.25) is 4.79 Å². The van der Waals surface area contributed by atoms with Crippen molar-refractivity contribution in [2.75, 3.05) is 0 Å². The molecule has 1 atom stereocenters. The van der Waals surface area contributed by atoms with E-state index in [9.17, 15) is 4.79 Å². The van der Waals surface area contributed by atoms with E-state index in [0.29, 0.717) is 6.42 Å². The Morgan fingerprint density at radius 3 is 2.38 bits per heavy atom. The Morgan fingerprint density at radius 2 is 1.92 bits per heavy atom. The van der Waals surface area contributed by atoms with Gasteiger partial charge in [0.1, 0.15) is 6.04 Å². The van der Waals surface area contributed by atoms with Gasteiger partial charge < -0.3 is 10.8 Å². The molecule has 1 unspecified atom stereocenters. The molecule has 0 fully saturated rings. The maximum atomic E-state index is 10.4. The molecule has 68 valence electrons. The predicted molar refractivity (Wildman–Crippen MR) is 45.8 cm³/mol. The number of hydrogen-bond donors (Lipinski definition) is 2. The monoisotopic (exact) mass is 255 g/mol. The molecule has 3 N–H and O–H groups in total. The first-order valence-electron chi connectivity index (χ1n) is 3.72. The van der Waals surface area contributed by atoms with Crippen LogP contribution in [0.15, 0.2) is 30.3 Å². The molecule has 4 heteroatoms. The number of aliphatic carboxylic acids is 1. The van der Waals surface area contributed by atoms with Crippen LogP contribution in [-0.2, 0) is 37.4 Å². The van der Waals surface area contributed by atoms with Gasteiger partial charge >= 0.3 is 5.97 Å². The quantitative estimate of drug-likeness (QED) is 0.834. The summed E-state index contributed by atoms with van der Waals surface area (Å²) in [7, 11) is 0. The number of carbonyl (C=O) groups is 1. The van der Waals surface area contributed by atoms with Crippen molar-refractivity contribution in [3.05, 3.63) is 35.9 Å². The van der Waals surface area contributed by atoms with E-state index in [-0.39, 0.29) is 26.2 Å². The fourth-order valence-corrected chi connectivity index (χ4v) is 0.955. The van der Waals surface area contributed by atoms with Crippen LogP contribution in [0.1, 0.15) is 5.56 Å². The molecule has 13 heavy (non-hydrogen) atoms. The molecule has 0 bridgehead atoms. The van der Waals surface area contributed by atoms with Crippen molar-refractivity contribution in [2.24, 2.45) is 5.73 Å². The number of rotatable bonds is 3. The van der Waals surface area contributed by atoms with Crippen LogP contribution in [0, 0.1) is 0 Å². The van der Waals surface area contributed by atoms with Crippen molar-refractivity contribution >= 4 is 5.97 Å². The van der Waals surface area contributed by atoms with Gasteiger partial charge in [-0.1, -0.05) is 30.3 Å². The van der Waals surface area contributed by atoms with Crippen LogP contribution in [0.5, 0.6) is 0 Å². The Labute approximate surface area is 96.1 Å². The summed E-state index contributed by atoms with van der Waals surface area (Å²) in [5.74, 6) is -0.959. The van der Waals surface area contributed by atoms with Crippen molar-refractivity contribution in [3.63, 3.8) is 0 Å². The standard InChI is InChI=1S/C9H11NO2.Zr/c10-8(9(11)12)6-7-4-2-1-3-5-7;/h1-5,8H,6,10H2,(H,11,12);. The number of carboxylic acids is 1. The first-order chi connectivity index (χ1) is 5.70. The summed E-state index contributed by atoms with van der Waals surface area (Å²) in [6.07, 6.45) is 0.385. The van der Waals surface area contributed by atoms with E-state index >= 15 is 0 Å². The van der Waals surface area contributed by atoms with E-state index in [0.717, 1.165) is 5.56 Å². The molecule has 1 aromatic rings. The molecule has 1 aromatic carbocycles. The molecule has 0 spiro atoms. The second-order valence-corrected chi connectivity index (χ2v) is 2.63. The summed E-state index contributed by atoms with van der Waals surface area (Å²) >= 11 is 0. The van der Waals surface area contributed by atoms with Gasteiger partial charge in [0.05, 0.1) is 0 Å². The van der Waals surface area contributed by atoms with Crippen LogP contribution in [0.4, 0.5) is 0 Å². The Hall–Kier alpha value is -0.467. The molecule has 1 rings (SSSR count). The average Bonchev–Trinajstić information content (AvgIpc) is 2.06. The fourth-order valence-electron chi connectivity index (χ4n) is 0.955. The summed E-state index contributed by atoms with van der Waals surface area (Å²) in [6.45, 7) is 0. The molecule has 0 aliphatic rings. The maximum absolute atomic E-state index is 10.4. The summed E-state index contributed by atoms with van der Waals surface area (Å²) in [6, 6.07) is 8.54. The van der Waals surface area contributed by atoms with Crippen LogP contribution < -0.4 is 5.73 Å². The van der Waals surface area contributed by atoms with E-state index in [2.05, 4.69) is 0 Å². The molecule has 0 aliphatic carbocycles. The Kier molecular flexibility index (Phi) is 5.84. The summed E-state index contributed by atoms with van der Waals surface area (Å²) in [4.78, 5) is 10.4. The molecule has 0 amide bonds. The Morgan fingerprint density at radius 1 is 1.38 bits per heavy atom. The van der Waals surface area contributed by atoms with Crippen LogP contribution in [-0.4, -0.2) is 17.1 Å². The smallest absolute Gasteiger partial charge is 0.320 e.